The number of ether oxygens (including phenoxy) is 1. The minimum absolute atomic E-state index is 0.173. The van der Waals surface area contributed by atoms with Crippen LogP contribution in [0.3, 0.4) is 0 Å². The number of carbonyl (C=O) groups excluding carboxylic acids is 1. The highest BCUT2D eigenvalue weighted by Crippen LogP contribution is 2.28. The molecule has 0 aromatic heterocycles. The molecule has 0 aliphatic carbocycles. The fourth-order valence-electron chi connectivity index (χ4n) is 3.38. The summed E-state index contributed by atoms with van der Waals surface area (Å²) in [5.74, 6) is 1.40. The first kappa shape index (κ1) is 15.2. The Hall–Kier alpha value is -1.75. The number of nitrogens with zero attached hydrogens (tertiary/aromatic N) is 2. The number of piperazine rings is 1. The molecule has 2 fully saturated rings. The molecule has 5 heteroatoms. The maximum Gasteiger partial charge on any atom is 0.227 e. The van der Waals surface area contributed by atoms with E-state index in [-0.39, 0.29) is 5.92 Å². The molecule has 0 unspecified atom stereocenters. The zero-order chi connectivity index (χ0) is 15.4. The van der Waals surface area contributed by atoms with Gasteiger partial charge >= 0.3 is 0 Å². The first-order valence-corrected chi connectivity index (χ1v) is 8.17. The molecule has 120 valence electrons. The number of piperidine rings is 1. The Morgan fingerprint density at radius 1 is 1.23 bits per heavy atom. The van der Waals surface area contributed by atoms with Crippen LogP contribution in [0.4, 0.5) is 5.69 Å². The highest BCUT2D eigenvalue weighted by atomic mass is 16.5. The second-order valence-corrected chi connectivity index (χ2v) is 6.03. The fraction of sp³-hybridized carbons (Fsp3) is 0.588. The van der Waals surface area contributed by atoms with Gasteiger partial charge in [-0.05, 0) is 31.5 Å². The van der Waals surface area contributed by atoms with Crippen LogP contribution in [0, 0.1) is 5.92 Å². The van der Waals surface area contributed by atoms with Crippen LogP contribution in [0.1, 0.15) is 12.8 Å². The van der Waals surface area contributed by atoms with Crippen LogP contribution in [0.5, 0.6) is 5.75 Å². The van der Waals surface area contributed by atoms with E-state index in [1.807, 2.05) is 23.1 Å². The number of anilines is 1. The van der Waals surface area contributed by atoms with E-state index in [1.54, 1.807) is 7.11 Å². The second-order valence-electron chi connectivity index (χ2n) is 6.03. The largest absolute Gasteiger partial charge is 0.495 e. The van der Waals surface area contributed by atoms with Crippen LogP contribution >= 0.6 is 0 Å². The lowest BCUT2D eigenvalue weighted by Gasteiger charge is -2.38. The number of carbonyl (C=O) groups is 1. The minimum Gasteiger partial charge on any atom is -0.495 e. The molecule has 2 aliphatic rings. The van der Waals surface area contributed by atoms with Gasteiger partial charge in [0.15, 0.2) is 0 Å². The van der Waals surface area contributed by atoms with Crippen LogP contribution in [-0.4, -0.2) is 57.2 Å². The molecule has 0 bridgehead atoms. The van der Waals surface area contributed by atoms with Gasteiger partial charge in [-0.3, -0.25) is 4.79 Å². The van der Waals surface area contributed by atoms with E-state index in [9.17, 15) is 4.79 Å². The Bertz CT molecular complexity index is 506. The molecular weight excluding hydrogens is 278 g/mol. The van der Waals surface area contributed by atoms with Gasteiger partial charge in [0.1, 0.15) is 5.75 Å². The standard InChI is InChI=1S/C17H25N3O2/c1-22-16-7-3-2-6-15(16)19-9-11-20(12-10-19)17(21)14-5-4-8-18-13-14/h2-3,6-7,14,18H,4-5,8-13H2,1H3/t14-/m1/s1. The number of hydrogen-bond acceptors (Lipinski definition) is 4. The van der Waals surface area contributed by atoms with Gasteiger partial charge in [0.05, 0.1) is 18.7 Å². The summed E-state index contributed by atoms with van der Waals surface area (Å²) in [4.78, 5) is 16.9. The van der Waals surface area contributed by atoms with Crippen LogP contribution in [0.2, 0.25) is 0 Å². The molecule has 5 nitrogen and oxygen atoms in total. The zero-order valence-electron chi connectivity index (χ0n) is 13.3. The summed E-state index contributed by atoms with van der Waals surface area (Å²) in [5, 5.41) is 3.33. The molecule has 2 aliphatic heterocycles. The number of methoxy groups -OCH3 is 1. The number of rotatable bonds is 3. The molecule has 2 saturated heterocycles. The third kappa shape index (κ3) is 3.19. The second kappa shape index (κ2) is 7.01. The molecule has 2 heterocycles. The van der Waals surface area contributed by atoms with Gasteiger partial charge in [-0.25, -0.2) is 0 Å². The van der Waals surface area contributed by atoms with Gasteiger partial charge in [0.2, 0.25) is 5.91 Å². The van der Waals surface area contributed by atoms with Crippen molar-refractivity contribution >= 4 is 11.6 Å². The van der Waals surface area contributed by atoms with E-state index >= 15 is 0 Å². The zero-order valence-corrected chi connectivity index (χ0v) is 13.3. The maximum absolute atomic E-state index is 12.6. The van der Waals surface area contributed by atoms with Crippen molar-refractivity contribution in [1.29, 1.82) is 0 Å². The molecule has 1 atom stereocenters. The van der Waals surface area contributed by atoms with Crippen molar-refractivity contribution in [1.82, 2.24) is 10.2 Å². The average Bonchev–Trinajstić information content (AvgIpc) is 2.62. The number of para-hydroxylation sites is 2. The summed E-state index contributed by atoms with van der Waals surface area (Å²) in [5.41, 5.74) is 1.12. The van der Waals surface area contributed by atoms with Crippen molar-refractivity contribution in [2.24, 2.45) is 5.92 Å². The lowest BCUT2D eigenvalue weighted by molar-refractivity contribution is -0.136. The summed E-state index contributed by atoms with van der Waals surface area (Å²) in [6, 6.07) is 8.09. The molecule has 1 amide bonds. The van der Waals surface area contributed by atoms with Crippen LogP contribution in [0.15, 0.2) is 24.3 Å². The van der Waals surface area contributed by atoms with E-state index < -0.39 is 0 Å². The summed E-state index contributed by atoms with van der Waals surface area (Å²) in [6.07, 6.45) is 2.14. The highest BCUT2D eigenvalue weighted by Gasteiger charge is 2.28. The molecule has 1 aromatic carbocycles. The van der Waals surface area contributed by atoms with Crippen LogP contribution in [-0.2, 0) is 4.79 Å². The quantitative estimate of drug-likeness (QED) is 0.915. The van der Waals surface area contributed by atoms with Crippen molar-refractivity contribution < 1.29 is 9.53 Å². The van der Waals surface area contributed by atoms with E-state index in [1.165, 1.54) is 0 Å². The average molecular weight is 303 g/mol. The fourth-order valence-corrected chi connectivity index (χ4v) is 3.38. The first-order chi connectivity index (χ1) is 10.8. The molecule has 1 aromatic rings. The van der Waals surface area contributed by atoms with Crippen molar-refractivity contribution in [2.45, 2.75) is 12.8 Å². The summed E-state index contributed by atoms with van der Waals surface area (Å²) in [6.45, 7) is 5.22. The van der Waals surface area contributed by atoms with Crippen molar-refractivity contribution in [3.63, 3.8) is 0 Å². The van der Waals surface area contributed by atoms with Gasteiger partial charge < -0.3 is 19.9 Å². The van der Waals surface area contributed by atoms with Gasteiger partial charge in [0, 0.05) is 32.7 Å². The molecule has 1 N–H and O–H groups in total. The molecular formula is C17H25N3O2. The minimum atomic E-state index is 0.173. The van der Waals surface area contributed by atoms with Crippen molar-refractivity contribution in [2.75, 3.05) is 51.3 Å². The Kier molecular flexibility index (Phi) is 4.83. The smallest absolute Gasteiger partial charge is 0.227 e. The molecule has 0 radical (unpaired) electrons. The highest BCUT2D eigenvalue weighted by molar-refractivity contribution is 5.79. The molecule has 0 saturated carbocycles. The van der Waals surface area contributed by atoms with Crippen molar-refractivity contribution in [3.8, 4) is 5.75 Å². The summed E-state index contributed by atoms with van der Waals surface area (Å²) < 4.78 is 5.44. The summed E-state index contributed by atoms with van der Waals surface area (Å²) >= 11 is 0. The normalized spacial score (nSPS) is 22.5. The Labute approximate surface area is 132 Å². The lowest BCUT2D eigenvalue weighted by atomic mass is 9.98. The van der Waals surface area contributed by atoms with Gasteiger partial charge in [-0.15, -0.1) is 0 Å². The third-order valence-corrected chi connectivity index (χ3v) is 4.66. The topological polar surface area (TPSA) is 44.8 Å². The van der Waals surface area contributed by atoms with Gasteiger partial charge in [0.25, 0.3) is 0 Å². The third-order valence-electron chi connectivity index (χ3n) is 4.66. The Balaban J connectivity index is 1.59. The maximum atomic E-state index is 12.6. The number of hydrogen-bond donors (Lipinski definition) is 1. The van der Waals surface area contributed by atoms with E-state index in [4.69, 9.17) is 4.74 Å². The molecule has 3 rings (SSSR count). The number of amides is 1. The Morgan fingerprint density at radius 2 is 2.00 bits per heavy atom. The van der Waals surface area contributed by atoms with Gasteiger partial charge in [-0.2, -0.15) is 0 Å². The predicted molar refractivity (Wildman–Crippen MR) is 87.4 cm³/mol. The lowest BCUT2D eigenvalue weighted by Crippen LogP contribution is -2.52. The van der Waals surface area contributed by atoms with Gasteiger partial charge in [-0.1, -0.05) is 12.1 Å². The van der Waals surface area contributed by atoms with E-state index in [0.717, 1.165) is 63.5 Å². The first-order valence-electron chi connectivity index (χ1n) is 8.17. The van der Waals surface area contributed by atoms with Crippen LogP contribution < -0.4 is 15.0 Å². The molecule has 22 heavy (non-hydrogen) atoms. The predicted octanol–water partition coefficient (Wildman–Crippen LogP) is 1.34. The van der Waals surface area contributed by atoms with Crippen LogP contribution in [0.25, 0.3) is 0 Å². The number of nitrogens with one attached hydrogen (secondary N) is 1. The van der Waals surface area contributed by atoms with E-state index in [2.05, 4.69) is 16.3 Å². The monoisotopic (exact) mass is 303 g/mol. The Morgan fingerprint density at radius 3 is 2.68 bits per heavy atom. The van der Waals surface area contributed by atoms with E-state index in [0.29, 0.717) is 5.91 Å². The number of benzene rings is 1. The van der Waals surface area contributed by atoms with Crippen molar-refractivity contribution in [3.05, 3.63) is 24.3 Å². The summed E-state index contributed by atoms with van der Waals surface area (Å²) in [7, 11) is 1.70. The SMILES string of the molecule is COc1ccccc1N1CCN(C(=O)[C@@H]2CCCNC2)CC1. The molecule has 0 spiro atoms.